The molecule has 0 spiro atoms. The third kappa shape index (κ3) is 4.06. The molecule has 0 heterocycles. The fraction of sp³-hybridized carbons (Fsp3) is 0.562. The van der Waals surface area contributed by atoms with Crippen LogP contribution in [0.25, 0.3) is 0 Å². The minimum absolute atomic E-state index is 0.133. The summed E-state index contributed by atoms with van der Waals surface area (Å²) in [6.07, 6.45) is 0.944. The Kier molecular flexibility index (Phi) is 5.55. The molecule has 1 rings (SSSR count). The zero-order valence-electron chi connectivity index (χ0n) is 12.5. The number of nitrogens with two attached hydrogens (primary N) is 1. The first-order chi connectivity index (χ1) is 8.92. The van der Waals surface area contributed by atoms with E-state index in [4.69, 9.17) is 5.73 Å². The van der Waals surface area contributed by atoms with Gasteiger partial charge in [-0.25, -0.2) is 0 Å². The molecule has 1 amide bonds. The van der Waals surface area contributed by atoms with Crippen molar-refractivity contribution in [3.63, 3.8) is 0 Å². The Morgan fingerprint density at radius 3 is 2.37 bits per heavy atom. The summed E-state index contributed by atoms with van der Waals surface area (Å²) in [7, 11) is 0. The third-order valence-electron chi connectivity index (χ3n) is 3.67. The van der Waals surface area contributed by atoms with Gasteiger partial charge in [-0.1, -0.05) is 37.3 Å². The lowest BCUT2D eigenvalue weighted by atomic mass is 9.90. The van der Waals surface area contributed by atoms with E-state index < -0.39 is 5.41 Å². The van der Waals surface area contributed by atoms with E-state index >= 15 is 0 Å². The maximum absolute atomic E-state index is 12.6. The van der Waals surface area contributed by atoms with Gasteiger partial charge in [0.1, 0.15) is 0 Å². The minimum Gasteiger partial charge on any atom is -0.335 e. The van der Waals surface area contributed by atoms with Gasteiger partial charge < -0.3 is 10.6 Å². The van der Waals surface area contributed by atoms with Gasteiger partial charge in [0.25, 0.3) is 0 Å². The topological polar surface area (TPSA) is 46.3 Å². The van der Waals surface area contributed by atoms with Crippen molar-refractivity contribution in [2.75, 3.05) is 6.54 Å². The van der Waals surface area contributed by atoms with Crippen LogP contribution in [-0.4, -0.2) is 23.4 Å². The summed E-state index contributed by atoms with van der Waals surface area (Å²) < 4.78 is 0. The van der Waals surface area contributed by atoms with Gasteiger partial charge in [-0.05, 0) is 32.8 Å². The average molecular weight is 262 g/mol. The van der Waals surface area contributed by atoms with Crippen LogP contribution in [0.5, 0.6) is 0 Å². The van der Waals surface area contributed by atoms with Crippen molar-refractivity contribution in [3.8, 4) is 0 Å². The molecule has 0 saturated heterocycles. The Morgan fingerprint density at radius 1 is 1.32 bits per heavy atom. The van der Waals surface area contributed by atoms with Crippen molar-refractivity contribution < 1.29 is 4.79 Å². The molecule has 0 bridgehead atoms. The lowest BCUT2D eigenvalue weighted by Gasteiger charge is -2.35. The van der Waals surface area contributed by atoms with Crippen molar-refractivity contribution in [3.05, 3.63) is 35.9 Å². The summed E-state index contributed by atoms with van der Waals surface area (Å²) in [5, 5.41) is 0. The van der Waals surface area contributed by atoms with Crippen molar-refractivity contribution in [1.29, 1.82) is 0 Å². The predicted octanol–water partition coefficient (Wildman–Crippen LogP) is 2.80. The van der Waals surface area contributed by atoms with Crippen molar-refractivity contribution >= 4 is 5.91 Å². The minimum atomic E-state index is -0.502. The number of carbonyl (C=O) groups excluding carboxylic acids is 1. The number of amides is 1. The zero-order chi connectivity index (χ0) is 14.5. The molecule has 19 heavy (non-hydrogen) atoms. The van der Waals surface area contributed by atoms with Crippen LogP contribution in [0.4, 0.5) is 0 Å². The molecule has 3 nitrogen and oxygen atoms in total. The quantitative estimate of drug-likeness (QED) is 0.857. The van der Waals surface area contributed by atoms with E-state index in [1.165, 1.54) is 0 Å². The molecule has 1 aromatic carbocycles. The Balaban J connectivity index is 2.93. The first-order valence-corrected chi connectivity index (χ1v) is 6.97. The van der Waals surface area contributed by atoms with Gasteiger partial charge in [-0.3, -0.25) is 4.79 Å². The number of benzene rings is 1. The van der Waals surface area contributed by atoms with E-state index in [0.717, 1.165) is 12.0 Å². The second-order valence-electron chi connectivity index (χ2n) is 5.76. The Morgan fingerprint density at radius 2 is 1.89 bits per heavy atom. The molecule has 0 aliphatic rings. The van der Waals surface area contributed by atoms with Crippen LogP contribution in [0.2, 0.25) is 0 Å². The smallest absolute Gasteiger partial charge is 0.230 e. The van der Waals surface area contributed by atoms with Crippen LogP contribution in [-0.2, 0) is 11.3 Å². The van der Waals surface area contributed by atoms with E-state index in [9.17, 15) is 4.79 Å². The molecule has 0 fully saturated rings. The largest absolute Gasteiger partial charge is 0.335 e. The number of hydrogen-bond donors (Lipinski definition) is 1. The summed E-state index contributed by atoms with van der Waals surface area (Å²) in [6, 6.07) is 10.3. The normalized spacial score (nSPS) is 13.1. The van der Waals surface area contributed by atoms with Gasteiger partial charge in [-0.2, -0.15) is 0 Å². The summed E-state index contributed by atoms with van der Waals surface area (Å²) in [5.41, 5.74) is 6.39. The molecule has 0 aliphatic heterocycles. The summed E-state index contributed by atoms with van der Waals surface area (Å²) in [4.78, 5) is 14.6. The Hall–Kier alpha value is -1.35. The van der Waals surface area contributed by atoms with Crippen molar-refractivity contribution in [1.82, 2.24) is 4.90 Å². The van der Waals surface area contributed by atoms with E-state index in [1.807, 2.05) is 36.9 Å². The molecule has 2 N–H and O–H groups in total. The second kappa shape index (κ2) is 6.71. The van der Waals surface area contributed by atoms with Crippen molar-refractivity contribution in [2.45, 2.75) is 46.7 Å². The van der Waals surface area contributed by atoms with E-state index in [1.54, 1.807) is 0 Å². The van der Waals surface area contributed by atoms with Gasteiger partial charge in [0, 0.05) is 19.1 Å². The molecule has 0 aromatic heterocycles. The highest BCUT2D eigenvalue weighted by molar-refractivity contribution is 5.82. The highest BCUT2D eigenvalue weighted by Gasteiger charge is 2.32. The molecule has 0 aliphatic carbocycles. The zero-order valence-corrected chi connectivity index (χ0v) is 12.5. The van der Waals surface area contributed by atoms with Crippen LogP contribution in [0, 0.1) is 5.41 Å². The van der Waals surface area contributed by atoms with E-state index in [-0.39, 0.29) is 11.9 Å². The number of carbonyl (C=O) groups is 1. The number of hydrogen-bond acceptors (Lipinski definition) is 2. The maximum Gasteiger partial charge on any atom is 0.230 e. The van der Waals surface area contributed by atoms with Crippen LogP contribution in [0.3, 0.4) is 0 Å². The molecule has 3 heteroatoms. The summed E-state index contributed by atoms with van der Waals surface area (Å²) in [6.45, 7) is 9.04. The van der Waals surface area contributed by atoms with Gasteiger partial charge >= 0.3 is 0 Å². The molecule has 106 valence electrons. The molecular formula is C16H26N2O. The average Bonchev–Trinajstić information content (AvgIpc) is 2.44. The lowest BCUT2D eigenvalue weighted by Crippen LogP contribution is -2.47. The standard InChI is InChI=1S/C16H26N2O/c1-5-13(2)18(15(19)16(3,4)12-17)11-14-9-7-6-8-10-14/h6-10,13H,5,11-12,17H2,1-4H3. The highest BCUT2D eigenvalue weighted by Crippen LogP contribution is 2.22. The number of rotatable bonds is 6. The maximum atomic E-state index is 12.6. The second-order valence-corrected chi connectivity index (χ2v) is 5.76. The fourth-order valence-corrected chi connectivity index (χ4v) is 1.90. The predicted molar refractivity (Wildman–Crippen MR) is 79.6 cm³/mol. The summed E-state index contributed by atoms with van der Waals surface area (Å²) in [5.74, 6) is 0.133. The molecule has 1 aromatic rings. The van der Waals surface area contributed by atoms with Crippen LogP contribution >= 0.6 is 0 Å². The number of nitrogens with zero attached hydrogens (tertiary/aromatic N) is 1. The first kappa shape index (κ1) is 15.7. The lowest BCUT2D eigenvalue weighted by molar-refractivity contribution is -0.142. The summed E-state index contributed by atoms with van der Waals surface area (Å²) >= 11 is 0. The monoisotopic (exact) mass is 262 g/mol. The van der Waals surface area contributed by atoms with E-state index in [2.05, 4.69) is 26.0 Å². The van der Waals surface area contributed by atoms with Crippen molar-refractivity contribution in [2.24, 2.45) is 11.1 Å². The Bertz CT molecular complexity index is 400. The van der Waals surface area contributed by atoms with Crippen LogP contribution in [0.15, 0.2) is 30.3 Å². The van der Waals surface area contributed by atoms with Gasteiger partial charge in [-0.15, -0.1) is 0 Å². The third-order valence-corrected chi connectivity index (χ3v) is 3.67. The van der Waals surface area contributed by atoms with Gasteiger partial charge in [0.05, 0.1) is 5.41 Å². The van der Waals surface area contributed by atoms with Crippen LogP contribution in [0.1, 0.15) is 39.7 Å². The molecule has 0 saturated carbocycles. The molecule has 1 unspecified atom stereocenters. The highest BCUT2D eigenvalue weighted by atomic mass is 16.2. The fourth-order valence-electron chi connectivity index (χ4n) is 1.90. The van der Waals surface area contributed by atoms with Gasteiger partial charge in [0.2, 0.25) is 5.91 Å². The molecular weight excluding hydrogens is 236 g/mol. The Labute approximate surface area is 116 Å². The molecule has 1 atom stereocenters. The molecule has 0 radical (unpaired) electrons. The van der Waals surface area contributed by atoms with E-state index in [0.29, 0.717) is 13.1 Å². The van der Waals surface area contributed by atoms with Crippen LogP contribution < -0.4 is 5.73 Å². The SMILES string of the molecule is CCC(C)N(Cc1ccccc1)C(=O)C(C)(C)CN. The first-order valence-electron chi connectivity index (χ1n) is 6.97. The van der Waals surface area contributed by atoms with Gasteiger partial charge in [0.15, 0.2) is 0 Å².